The van der Waals surface area contributed by atoms with Crippen molar-refractivity contribution < 1.29 is 4.79 Å². The van der Waals surface area contributed by atoms with Gasteiger partial charge in [-0.1, -0.05) is 80.1 Å². The van der Waals surface area contributed by atoms with Gasteiger partial charge < -0.3 is 5.32 Å². The number of amides is 1. The van der Waals surface area contributed by atoms with Gasteiger partial charge in [0, 0.05) is 11.6 Å². The maximum absolute atomic E-state index is 13.8. The molecule has 39 heavy (non-hydrogen) atoms. The maximum Gasteiger partial charge on any atom is 0.352 e. The minimum Gasteiger partial charge on any atom is -0.349 e. The molecule has 6 rings (SSSR count). The molecule has 0 atom stereocenters. The molecule has 5 aromatic rings. The number of benzene rings is 3. The smallest absolute Gasteiger partial charge is 0.349 e. The molecule has 1 saturated carbocycles. The van der Waals surface area contributed by atoms with E-state index in [1.165, 1.54) is 13.6 Å². The summed E-state index contributed by atoms with van der Waals surface area (Å²) >= 11 is 0. The first-order valence-corrected chi connectivity index (χ1v) is 13.2. The van der Waals surface area contributed by atoms with E-state index < -0.39 is 0 Å². The van der Waals surface area contributed by atoms with E-state index in [4.69, 9.17) is 0 Å². The van der Waals surface area contributed by atoms with Crippen LogP contribution in [0.2, 0.25) is 0 Å². The lowest BCUT2D eigenvalue weighted by Gasteiger charge is -2.13. The summed E-state index contributed by atoms with van der Waals surface area (Å²) in [5, 5.41) is 8.07. The fourth-order valence-electron chi connectivity index (χ4n) is 5.34. The average molecular weight is 520 g/mol. The van der Waals surface area contributed by atoms with E-state index in [0.717, 1.165) is 42.4 Å². The van der Waals surface area contributed by atoms with Crippen LogP contribution in [0.25, 0.3) is 22.8 Å². The van der Waals surface area contributed by atoms with Crippen molar-refractivity contribution in [3.8, 4) is 0 Å². The summed E-state index contributed by atoms with van der Waals surface area (Å²) in [6.07, 6.45) is 5.90. The van der Waals surface area contributed by atoms with Gasteiger partial charge >= 0.3 is 5.69 Å². The molecule has 3 aromatic carbocycles. The molecule has 1 fully saturated rings. The molecule has 0 aliphatic heterocycles. The van der Waals surface area contributed by atoms with Crippen LogP contribution >= 0.6 is 0 Å². The number of carbonyl (C=O) groups excluding carboxylic acids is 1. The molecule has 0 spiro atoms. The third-order valence-electron chi connectivity index (χ3n) is 7.46. The fraction of sp³-hybridized carbons (Fsp3) is 0.226. The second-order valence-corrected chi connectivity index (χ2v) is 10.1. The summed E-state index contributed by atoms with van der Waals surface area (Å²) in [5.41, 5.74) is 2.92. The fourth-order valence-corrected chi connectivity index (χ4v) is 5.34. The number of rotatable bonds is 7. The Bertz CT molecular complexity index is 1810. The van der Waals surface area contributed by atoms with Gasteiger partial charge in [-0.05, 0) is 47.7 Å². The zero-order valence-electron chi connectivity index (χ0n) is 21.5. The molecule has 8 heteroatoms. The number of nitrogens with zero attached hydrogens (tertiary/aromatic N) is 4. The Morgan fingerprint density at radius 1 is 0.949 bits per heavy atom. The highest BCUT2D eigenvalue weighted by Gasteiger charge is 2.21. The molecular formula is C31H29N5O3. The number of hydrogen-bond donors (Lipinski definition) is 1. The van der Waals surface area contributed by atoms with Crippen molar-refractivity contribution in [3.05, 3.63) is 122 Å². The van der Waals surface area contributed by atoms with Gasteiger partial charge in [0.25, 0.3) is 11.5 Å². The van der Waals surface area contributed by atoms with Gasteiger partial charge in [-0.15, -0.1) is 5.10 Å². The van der Waals surface area contributed by atoms with Crippen LogP contribution in [-0.2, 0) is 13.1 Å². The quantitative estimate of drug-likeness (QED) is 0.349. The highest BCUT2D eigenvalue weighted by Crippen LogP contribution is 2.20. The van der Waals surface area contributed by atoms with E-state index in [0.29, 0.717) is 16.5 Å². The Labute approximate surface area is 224 Å². The van der Waals surface area contributed by atoms with Crippen LogP contribution < -0.4 is 16.6 Å². The molecule has 2 heterocycles. The van der Waals surface area contributed by atoms with E-state index in [2.05, 4.69) is 17.0 Å². The largest absolute Gasteiger partial charge is 0.352 e. The Morgan fingerprint density at radius 2 is 1.67 bits per heavy atom. The Balaban J connectivity index is 1.51. The van der Waals surface area contributed by atoms with Crippen LogP contribution in [0.1, 0.15) is 52.7 Å². The van der Waals surface area contributed by atoms with Crippen molar-refractivity contribution in [3.63, 3.8) is 0 Å². The van der Waals surface area contributed by atoms with Crippen molar-refractivity contribution in [2.45, 2.75) is 44.8 Å². The van der Waals surface area contributed by atoms with Crippen LogP contribution in [0.3, 0.4) is 0 Å². The molecule has 1 aliphatic rings. The van der Waals surface area contributed by atoms with Crippen LogP contribution in [0.15, 0.2) is 89.0 Å². The molecule has 196 valence electrons. The molecule has 0 radical (unpaired) electrons. The summed E-state index contributed by atoms with van der Waals surface area (Å²) in [6, 6.07) is 22.4. The first kappa shape index (κ1) is 24.6. The van der Waals surface area contributed by atoms with E-state index in [1.807, 2.05) is 54.6 Å². The summed E-state index contributed by atoms with van der Waals surface area (Å²) in [7, 11) is 0. The van der Waals surface area contributed by atoms with Crippen molar-refractivity contribution in [2.75, 3.05) is 0 Å². The SMILES string of the molecule is C=Cc1ccc(Cn2nc3n(Cc4ccccc4)c(=O)c4ccc(C(=O)NC5CCCC5)cc4n3c2=O)cc1. The number of carbonyl (C=O) groups is 1. The molecule has 2 aromatic heterocycles. The van der Waals surface area contributed by atoms with Gasteiger partial charge in [0.2, 0.25) is 5.78 Å². The van der Waals surface area contributed by atoms with E-state index in [9.17, 15) is 14.4 Å². The number of hydrogen-bond acceptors (Lipinski definition) is 4. The summed E-state index contributed by atoms with van der Waals surface area (Å²) in [4.78, 5) is 40.6. The zero-order valence-corrected chi connectivity index (χ0v) is 21.5. The topological polar surface area (TPSA) is 90.4 Å². The third kappa shape index (κ3) is 4.69. The van der Waals surface area contributed by atoms with Crippen molar-refractivity contribution >= 4 is 28.7 Å². The predicted molar refractivity (Wildman–Crippen MR) is 152 cm³/mol. The minimum absolute atomic E-state index is 0.157. The maximum atomic E-state index is 13.8. The Hall–Kier alpha value is -4.72. The first-order chi connectivity index (χ1) is 19.0. The molecule has 1 N–H and O–H groups in total. The van der Waals surface area contributed by atoms with Crippen molar-refractivity contribution in [1.29, 1.82) is 0 Å². The Kier molecular flexibility index (Phi) is 6.44. The molecule has 0 bridgehead atoms. The third-order valence-corrected chi connectivity index (χ3v) is 7.46. The van der Waals surface area contributed by atoms with Gasteiger partial charge in [0.15, 0.2) is 0 Å². The molecule has 0 saturated heterocycles. The normalized spacial score (nSPS) is 13.7. The van der Waals surface area contributed by atoms with Crippen LogP contribution in [0.4, 0.5) is 0 Å². The highest BCUT2D eigenvalue weighted by atomic mass is 16.2. The summed E-state index contributed by atoms with van der Waals surface area (Å²) in [6.45, 7) is 4.28. The second kappa shape index (κ2) is 10.2. The zero-order chi connectivity index (χ0) is 26.9. The van der Waals surface area contributed by atoms with Crippen molar-refractivity contribution in [2.24, 2.45) is 0 Å². The predicted octanol–water partition coefficient (Wildman–Crippen LogP) is 4.22. The number of fused-ring (bicyclic) bond motifs is 3. The standard InChI is InChI=1S/C31H29N5O3/c1-2-21-12-14-23(15-13-21)20-35-31(39)36-27-18-24(28(37)32-25-10-6-7-11-25)16-17-26(27)29(38)34(30(36)33-35)19-22-8-4-3-5-9-22/h2-5,8-9,12-18,25H,1,6-7,10-11,19-20H2,(H,32,37). The van der Waals surface area contributed by atoms with E-state index >= 15 is 0 Å². The molecule has 8 nitrogen and oxygen atoms in total. The second-order valence-electron chi connectivity index (χ2n) is 10.1. The van der Waals surface area contributed by atoms with Gasteiger partial charge in [0.1, 0.15) is 0 Å². The van der Waals surface area contributed by atoms with Crippen molar-refractivity contribution in [1.82, 2.24) is 24.1 Å². The highest BCUT2D eigenvalue weighted by molar-refractivity contribution is 5.98. The summed E-state index contributed by atoms with van der Waals surface area (Å²) < 4.78 is 4.34. The van der Waals surface area contributed by atoms with Crippen LogP contribution in [-0.4, -0.2) is 30.7 Å². The Morgan fingerprint density at radius 3 is 2.38 bits per heavy atom. The van der Waals surface area contributed by atoms with Gasteiger partial charge in [-0.3, -0.25) is 14.2 Å². The summed E-state index contributed by atoms with van der Waals surface area (Å²) in [5.74, 6) is 0.0329. The number of aromatic nitrogens is 4. The lowest BCUT2D eigenvalue weighted by Crippen LogP contribution is -2.33. The minimum atomic E-state index is -0.377. The van der Waals surface area contributed by atoms with E-state index in [1.54, 1.807) is 24.3 Å². The van der Waals surface area contributed by atoms with Gasteiger partial charge in [-0.2, -0.15) is 0 Å². The lowest BCUT2D eigenvalue weighted by atomic mass is 10.1. The molecule has 0 unspecified atom stereocenters. The van der Waals surface area contributed by atoms with E-state index in [-0.39, 0.29) is 42.1 Å². The monoisotopic (exact) mass is 519 g/mol. The molecular weight excluding hydrogens is 490 g/mol. The van der Waals surface area contributed by atoms with Crippen LogP contribution in [0.5, 0.6) is 0 Å². The lowest BCUT2D eigenvalue weighted by molar-refractivity contribution is 0.0938. The van der Waals surface area contributed by atoms with Crippen LogP contribution in [0, 0.1) is 0 Å². The van der Waals surface area contributed by atoms with Gasteiger partial charge in [-0.25, -0.2) is 13.9 Å². The molecule has 1 aliphatic carbocycles. The molecule has 1 amide bonds. The average Bonchev–Trinajstić information content (AvgIpc) is 3.59. The number of nitrogens with one attached hydrogen (secondary N) is 1. The first-order valence-electron chi connectivity index (χ1n) is 13.2. The van der Waals surface area contributed by atoms with Gasteiger partial charge in [0.05, 0.1) is 24.0 Å².